The van der Waals surface area contributed by atoms with Crippen molar-refractivity contribution in [2.24, 2.45) is 5.73 Å². The Hall–Kier alpha value is -1.87. The van der Waals surface area contributed by atoms with Gasteiger partial charge in [0.25, 0.3) is 0 Å². The molecule has 0 radical (unpaired) electrons. The fourth-order valence-electron chi connectivity index (χ4n) is 2.57. The molecule has 1 aromatic carbocycles. The minimum atomic E-state index is -0.345. The van der Waals surface area contributed by atoms with Gasteiger partial charge in [-0.25, -0.2) is 0 Å². The molecule has 0 unspecified atom stereocenters. The lowest BCUT2D eigenvalue weighted by atomic mass is 10.2. The van der Waals surface area contributed by atoms with Crippen molar-refractivity contribution in [1.29, 1.82) is 0 Å². The van der Waals surface area contributed by atoms with E-state index in [1.807, 2.05) is 35.2 Å². The summed E-state index contributed by atoms with van der Waals surface area (Å²) in [6, 6.07) is 9.75. The molecular weight excluding hydrogens is 393 g/mol. The second kappa shape index (κ2) is 13.3. The summed E-state index contributed by atoms with van der Waals surface area (Å²) in [6.45, 7) is 3.03. The van der Waals surface area contributed by atoms with Gasteiger partial charge in [0.1, 0.15) is 0 Å². The topological polar surface area (TPSA) is 108 Å². The lowest BCUT2D eigenvalue weighted by Crippen LogP contribution is -2.53. The number of carbonyl (C=O) groups excluding carboxylic acids is 3. The molecule has 10 heteroatoms. The molecular formula is C17H27Cl2N5O3. The van der Waals surface area contributed by atoms with Crippen LogP contribution in [0.3, 0.4) is 0 Å². The van der Waals surface area contributed by atoms with Crippen molar-refractivity contribution in [1.82, 2.24) is 20.4 Å². The smallest absolute Gasteiger partial charge is 0.242 e. The fraction of sp³-hybridized carbons (Fsp3) is 0.471. The number of nitrogens with two attached hydrogens (primary N) is 1. The SMILES string of the molecule is Cl.Cl.NCC(=O)NCC(=O)N1CCN(CC(=O)NCc2ccccc2)CC1. The van der Waals surface area contributed by atoms with Gasteiger partial charge in [-0.2, -0.15) is 0 Å². The number of nitrogens with zero attached hydrogens (tertiary/aromatic N) is 2. The third-order valence-electron chi connectivity index (χ3n) is 4.05. The number of rotatable bonds is 7. The van der Waals surface area contributed by atoms with Crippen molar-refractivity contribution in [3.63, 3.8) is 0 Å². The van der Waals surface area contributed by atoms with E-state index in [1.165, 1.54) is 0 Å². The highest BCUT2D eigenvalue weighted by molar-refractivity contribution is 5.86. The highest BCUT2D eigenvalue weighted by atomic mass is 35.5. The van der Waals surface area contributed by atoms with Crippen LogP contribution in [0.1, 0.15) is 5.56 Å². The van der Waals surface area contributed by atoms with Crippen LogP contribution >= 0.6 is 24.8 Å². The van der Waals surface area contributed by atoms with Crippen LogP contribution < -0.4 is 16.4 Å². The number of halogens is 2. The average Bonchev–Trinajstić information content (AvgIpc) is 2.65. The van der Waals surface area contributed by atoms with Crippen LogP contribution in [0.4, 0.5) is 0 Å². The van der Waals surface area contributed by atoms with Crippen molar-refractivity contribution in [3.8, 4) is 0 Å². The largest absolute Gasteiger partial charge is 0.351 e. The monoisotopic (exact) mass is 419 g/mol. The van der Waals surface area contributed by atoms with E-state index in [0.717, 1.165) is 5.56 Å². The fourth-order valence-corrected chi connectivity index (χ4v) is 2.57. The Morgan fingerprint density at radius 2 is 1.56 bits per heavy atom. The minimum absolute atomic E-state index is 0. The molecule has 27 heavy (non-hydrogen) atoms. The molecule has 1 heterocycles. The zero-order valence-corrected chi connectivity index (χ0v) is 16.7. The zero-order chi connectivity index (χ0) is 18.1. The molecule has 1 aliphatic heterocycles. The molecule has 8 nitrogen and oxygen atoms in total. The Labute approximate surface area is 171 Å². The standard InChI is InChI=1S/C17H25N5O3.2ClH/c18-10-15(23)20-12-17(25)22-8-6-21(7-9-22)13-16(24)19-11-14-4-2-1-3-5-14;;/h1-5H,6-13,18H2,(H,19,24)(H,20,23);2*1H. The number of hydrogen-bond acceptors (Lipinski definition) is 5. The minimum Gasteiger partial charge on any atom is -0.351 e. The summed E-state index contributed by atoms with van der Waals surface area (Å²) in [5, 5.41) is 5.37. The van der Waals surface area contributed by atoms with Crippen molar-refractivity contribution < 1.29 is 14.4 Å². The highest BCUT2D eigenvalue weighted by Crippen LogP contribution is 2.02. The number of carbonyl (C=O) groups is 3. The van der Waals surface area contributed by atoms with Crippen LogP contribution in [0.5, 0.6) is 0 Å². The van der Waals surface area contributed by atoms with Gasteiger partial charge in [-0.1, -0.05) is 30.3 Å². The molecule has 152 valence electrons. The van der Waals surface area contributed by atoms with E-state index >= 15 is 0 Å². The normalized spacial score (nSPS) is 13.7. The lowest BCUT2D eigenvalue weighted by molar-refractivity contribution is -0.134. The molecule has 1 saturated heterocycles. The molecule has 0 aliphatic carbocycles. The van der Waals surface area contributed by atoms with E-state index in [1.54, 1.807) is 4.90 Å². The Balaban J connectivity index is 0.00000338. The van der Waals surface area contributed by atoms with Crippen molar-refractivity contribution in [2.45, 2.75) is 6.54 Å². The predicted molar refractivity (Wildman–Crippen MR) is 108 cm³/mol. The van der Waals surface area contributed by atoms with Gasteiger partial charge in [0.15, 0.2) is 0 Å². The van der Waals surface area contributed by atoms with Crippen LogP contribution in [0, 0.1) is 0 Å². The Kier molecular flexibility index (Phi) is 12.4. The molecule has 4 N–H and O–H groups in total. The van der Waals surface area contributed by atoms with Crippen molar-refractivity contribution >= 4 is 42.5 Å². The molecule has 0 saturated carbocycles. The van der Waals surface area contributed by atoms with Crippen LogP contribution in [0.15, 0.2) is 30.3 Å². The third-order valence-corrected chi connectivity index (χ3v) is 4.05. The van der Waals surface area contributed by atoms with E-state index in [0.29, 0.717) is 39.3 Å². The molecule has 0 spiro atoms. The van der Waals surface area contributed by atoms with Gasteiger partial charge in [0, 0.05) is 32.7 Å². The van der Waals surface area contributed by atoms with Gasteiger partial charge in [0.05, 0.1) is 19.6 Å². The Morgan fingerprint density at radius 3 is 2.15 bits per heavy atom. The van der Waals surface area contributed by atoms with Gasteiger partial charge in [0.2, 0.25) is 17.7 Å². The molecule has 0 bridgehead atoms. The van der Waals surface area contributed by atoms with E-state index in [4.69, 9.17) is 5.73 Å². The highest BCUT2D eigenvalue weighted by Gasteiger charge is 2.22. The third kappa shape index (κ3) is 9.05. The molecule has 2 rings (SSSR count). The average molecular weight is 420 g/mol. The number of piperazine rings is 1. The van der Waals surface area contributed by atoms with Gasteiger partial charge in [-0.15, -0.1) is 24.8 Å². The molecule has 0 atom stereocenters. The predicted octanol–water partition coefficient (Wildman–Crippen LogP) is -0.634. The second-order valence-electron chi connectivity index (χ2n) is 5.90. The maximum atomic E-state index is 12.0. The Bertz CT molecular complexity index is 595. The summed E-state index contributed by atoms with van der Waals surface area (Å²) in [4.78, 5) is 38.8. The summed E-state index contributed by atoms with van der Waals surface area (Å²) in [5.41, 5.74) is 6.24. The molecule has 3 amide bonds. The summed E-state index contributed by atoms with van der Waals surface area (Å²) < 4.78 is 0. The maximum absolute atomic E-state index is 12.0. The van der Waals surface area contributed by atoms with Gasteiger partial charge in [-0.05, 0) is 5.56 Å². The van der Waals surface area contributed by atoms with E-state index in [2.05, 4.69) is 10.6 Å². The second-order valence-corrected chi connectivity index (χ2v) is 5.90. The van der Waals surface area contributed by atoms with Crippen LogP contribution in [0.2, 0.25) is 0 Å². The van der Waals surface area contributed by atoms with E-state index in [-0.39, 0.29) is 55.6 Å². The number of hydrogen-bond donors (Lipinski definition) is 3. The first-order valence-corrected chi connectivity index (χ1v) is 8.36. The first kappa shape index (κ1) is 25.1. The molecule has 1 aromatic rings. The quantitative estimate of drug-likeness (QED) is 0.544. The van der Waals surface area contributed by atoms with Gasteiger partial charge in [-0.3, -0.25) is 19.3 Å². The number of nitrogens with one attached hydrogen (secondary N) is 2. The van der Waals surface area contributed by atoms with Crippen molar-refractivity contribution in [3.05, 3.63) is 35.9 Å². The summed E-state index contributed by atoms with van der Waals surface area (Å²) >= 11 is 0. The van der Waals surface area contributed by atoms with E-state index in [9.17, 15) is 14.4 Å². The first-order valence-electron chi connectivity index (χ1n) is 8.36. The molecule has 0 aromatic heterocycles. The van der Waals surface area contributed by atoms with Gasteiger partial charge >= 0.3 is 0 Å². The van der Waals surface area contributed by atoms with E-state index < -0.39 is 0 Å². The van der Waals surface area contributed by atoms with Crippen LogP contribution in [-0.4, -0.2) is 73.3 Å². The zero-order valence-electron chi connectivity index (χ0n) is 15.1. The van der Waals surface area contributed by atoms with Gasteiger partial charge < -0.3 is 21.3 Å². The summed E-state index contributed by atoms with van der Waals surface area (Å²) in [7, 11) is 0. The van der Waals surface area contributed by atoms with Crippen LogP contribution in [0.25, 0.3) is 0 Å². The summed E-state index contributed by atoms with van der Waals surface area (Å²) in [5.74, 6) is -0.504. The maximum Gasteiger partial charge on any atom is 0.242 e. The van der Waals surface area contributed by atoms with Crippen LogP contribution in [-0.2, 0) is 20.9 Å². The van der Waals surface area contributed by atoms with Crippen molar-refractivity contribution in [2.75, 3.05) is 45.8 Å². The molecule has 1 fully saturated rings. The number of amides is 3. The molecule has 1 aliphatic rings. The lowest BCUT2D eigenvalue weighted by Gasteiger charge is -2.34. The number of benzene rings is 1. The summed E-state index contributed by atoms with van der Waals surface area (Å²) in [6.07, 6.45) is 0. The first-order chi connectivity index (χ1) is 12.1. The Morgan fingerprint density at radius 1 is 0.926 bits per heavy atom.